The maximum absolute atomic E-state index is 11.8. The first kappa shape index (κ1) is 20.5. The highest BCUT2D eigenvalue weighted by molar-refractivity contribution is 5.89. The summed E-state index contributed by atoms with van der Waals surface area (Å²) in [6.07, 6.45) is 0.611. The van der Waals surface area contributed by atoms with Gasteiger partial charge in [-0.05, 0) is 40.0 Å². The summed E-state index contributed by atoms with van der Waals surface area (Å²) in [4.78, 5) is 23.5. The van der Waals surface area contributed by atoms with Gasteiger partial charge in [0.2, 0.25) is 11.8 Å². The Kier molecular flexibility index (Phi) is 9.04. The average Bonchev–Trinajstić information content (AvgIpc) is 2.13. The van der Waals surface area contributed by atoms with E-state index >= 15 is 0 Å². The molecule has 2 atom stereocenters. The summed E-state index contributed by atoms with van der Waals surface area (Å²) >= 11 is 0. The molecule has 0 radical (unpaired) electrons. The van der Waals surface area contributed by atoms with E-state index in [1.807, 2.05) is 34.6 Å². The molecule has 0 aromatic rings. The standard InChI is InChI=1S/C13H27N3O2.ClH/c1-8(2)7-10(14)12(18)15-9(3)11(17)16-13(4,5)6;/h8-10H,7,14H2,1-6H3,(H,15,18)(H,16,17);1H/t9?,10-;/m0./s1. The van der Waals surface area contributed by atoms with Gasteiger partial charge in [0.25, 0.3) is 0 Å². The number of carbonyl (C=O) groups excluding carboxylic acids is 2. The molecule has 0 aliphatic carbocycles. The maximum Gasteiger partial charge on any atom is 0.242 e. The van der Waals surface area contributed by atoms with Crippen molar-refractivity contribution < 1.29 is 9.59 Å². The summed E-state index contributed by atoms with van der Waals surface area (Å²) in [6.45, 7) is 11.3. The third kappa shape index (κ3) is 9.73. The van der Waals surface area contributed by atoms with Crippen LogP contribution in [0.4, 0.5) is 0 Å². The molecular weight excluding hydrogens is 266 g/mol. The highest BCUT2D eigenvalue weighted by atomic mass is 35.5. The van der Waals surface area contributed by atoms with E-state index < -0.39 is 12.1 Å². The Bertz CT molecular complexity index is 301. The minimum absolute atomic E-state index is 0. The van der Waals surface area contributed by atoms with Crippen LogP contribution in [0.1, 0.15) is 48.0 Å². The number of nitrogens with one attached hydrogen (secondary N) is 2. The van der Waals surface area contributed by atoms with Crippen molar-refractivity contribution in [1.29, 1.82) is 0 Å². The van der Waals surface area contributed by atoms with Gasteiger partial charge in [-0.1, -0.05) is 13.8 Å². The lowest BCUT2D eigenvalue weighted by Crippen LogP contribution is -2.53. The van der Waals surface area contributed by atoms with Gasteiger partial charge in [-0.25, -0.2) is 0 Å². The topological polar surface area (TPSA) is 84.2 Å². The lowest BCUT2D eigenvalue weighted by atomic mass is 10.0. The Labute approximate surface area is 122 Å². The highest BCUT2D eigenvalue weighted by Gasteiger charge is 2.23. The van der Waals surface area contributed by atoms with Gasteiger partial charge in [0.05, 0.1) is 6.04 Å². The zero-order valence-corrected chi connectivity index (χ0v) is 13.6. The molecule has 0 saturated heterocycles. The number of carbonyl (C=O) groups is 2. The molecule has 0 aliphatic heterocycles. The van der Waals surface area contributed by atoms with Crippen LogP contribution in [0.3, 0.4) is 0 Å². The average molecular weight is 294 g/mol. The van der Waals surface area contributed by atoms with Crippen molar-refractivity contribution in [2.75, 3.05) is 0 Å². The van der Waals surface area contributed by atoms with Crippen LogP contribution in [0.15, 0.2) is 0 Å². The smallest absolute Gasteiger partial charge is 0.242 e. The Balaban J connectivity index is 0. The van der Waals surface area contributed by atoms with Crippen LogP contribution in [-0.4, -0.2) is 29.4 Å². The Hall–Kier alpha value is -0.810. The van der Waals surface area contributed by atoms with Gasteiger partial charge in [-0.15, -0.1) is 12.4 Å². The van der Waals surface area contributed by atoms with Crippen LogP contribution >= 0.6 is 12.4 Å². The second-order valence-corrected chi connectivity index (χ2v) is 6.21. The van der Waals surface area contributed by atoms with Crippen LogP contribution in [-0.2, 0) is 9.59 Å². The lowest BCUT2D eigenvalue weighted by Gasteiger charge is -2.24. The molecule has 114 valence electrons. The first-order valence-electron chi connectivity index (χ1n) is 6.41. The molecule has 0 saturated carbocycles. The second kappa shape index (κ2) is 8.38. The number of hydrogen-bond donors (Lipinski definition) is 3. The van der Waals surface area contributed by atoms with E-state index in [4.69, 9.17) is 5.73 Å². The predicted octanol–water partition coefficient (Wildman–Crippen LogP) is 1.20. The van der Waals surface area contributed by atoms with E-state index in [-0.39, 0.29) is 29.8 Å². The molecule has 0 bridgehead atoms. The van der Waals surface area contributed by atoms with Crippen molar-refractivity contribution in [1.82, 2.24) is 10.6 Å². The fraction of sp³-hybridized carbons (Fsp3) is 0.846. The molecule has 4 N–H and O–H groups in total. The van der Waals surface area contributed by atoms with Crippen LogP contribution < -0.4 is 16.4 Å². The number of amides is 2. The van der Waals surface area contributed by atoms with Crippen LogP contribution in [0.5, 0.6) is 0 Å². The molecular formula is C13H28ClN3O2. The van der Waals surface area contributed by atoms with Crippen LogP contribution in [0.2, 0.25) is 0 Å². The number of halogens is 1. The molecule has 2 amide bonds. The maximum atomic E-state index is 11.8. The summed E-state index contributed by atoms with van der Waals surface area (Å²) in [6, 6.07) is -1.13. The third-order valence-corrected chi connectivity index (χ3v) is 2.31. The molecule has 1 unspecified atom stereocenters. The minimum atomic E-state index is -0.574. The van der Waals surface area contributed by atoms with Crippen molar-refractivity contribution in [2.24, 2.45) is 11.7 Å². The quantitative estimate of drug-likeness (QED) is 0.712. The Morgan fingerprint density at radius 2 is 1.58 bits per heavy atom. The first-order valence-corrected chi connectivity index (χ1v) is 6.41. The monoisotopic (exact) mass is 293 g/mol. The van der Waals surface area contributed by atoms with Crippen LogP contribution in [0.25, 0.3) is 0 Å². The van der Waals surface area contributed by atoms with Crippen LogP contribution in [0, 0.1) is 5.92 Å². The Morgan fingerprint density at radius 1 is 1.11 bits per heavy atom. The summed E-state index contributed by atoms with van der Waals surface area (Å²) < 4.78 is 0. The van der Waals surface area contributed by atoms with Gasteiger partial charge >= 0.3 is 0 Å². The van der Waals surface area contributed by atoms with Crippen molar-refractivity contribution in [2.45, 2.75) is 65.6 Å². The predicted molar refractivity (Wildman–Crippen MR) is 80.2 cm³/mol. The molecule has 0 aliphatic rings. The van der Waals surface area contributed by atoms with Gasteiger partial charge in [-0.2, -0.15) is 0 Å². The fourth-order valence-electron chi connectivity index (χ4n) is 1.48. The number of nitrogens with two attached hydrogens (primary N) is 1. The summed E-state index contributed by atoms with van der Waals surface area (Å²) in [5.74, 6) is -0.127. The van der Waals surface area contributed by atoms with E-state index in [1.165, 1.54) is 0 Å². The molecule has 0 rings (SSSR count). The van der Waals surface area contributed by atoms with Gasteiger partial charge in [-0.3, -0.25) is 9.59 Å². The summed E-state index contributed by atoms with van der Waals surface area (Å²) in [5.41, 5.74) is 5.44. The second-order valence-electron chi connectivity index (χ2n) is 6.21. The van der Waals surface area contributed by atoms with E-state index in [0.717, 1.165) is 0 Å². The SMILES string of the molecule is CC(C)C[C@H](N)C(=O)NC(C)C(=O)NC(C)(C)C.Cl. The first-order chi connectivity index (χ1) is 8.03. The van der Waals surface area contributed by atoms with E-state index in [1.54, 1.807) is 6.92 Å². The van der Waals surface area contributed by atoms with Gasteiger partial charge in [0.1, 0.15) is 6.04 Å². The molecule has 0 spiro atoms. The molecule has 0 aromatic carbocycles. The highest BCUT2D eigenvalue weighted by Crippen LogP contribution is 2.03. The lowest BCUT2D eigenvalue weighted by molar-refractivity contribution is -0.130. The summed E-state index contributed by atoms with van der Waals surface area (Å²) in [5, 5.41) is 5.44. The van der Waals surface area contributed by atoms with Gasteiger partial charge in [0, 0.05) is 5.54 Å². The molecule has 19 heavy (non-hydrogen) atoms. The fourth-order valence-corrected chi connectivity index (χ4v) is 1.48. The molecule has 0 aromatic heterocycles. The van der Waals surface area contributed by atoms with Crippen molar-refractivity contribution in [3.63, 3.8) is 0 Å². The van der Waals surface area contributed by atoms with Gasteiger partial charge in [0.15, 0.2) is 0 Å². The normalized spacial score (nSPS) is 14.3. The Morgan fingerprint density at radius 3 is 1.95 bits per heavy atom. The molecule has 0 fully saturated rings. The molecule has 0 heterocycles. The third-order valence-electron chi connectivity index (χ3n) is 2.31. The molecule has 5 nitrogen and oxygen atoms in total. The van der Waals surface area contributed by atoms with Crippen molar-refractivity contribution >= 4 is 24.2 Å². The van der Waals surface area contributed by atoms with E-state index in [9.17, 15) is 9.59 Å². The largest absolute Gasteiger partial charge is 0.350 e. The van der Waals surface area contributed by atoms with Crippen molar-refractivity contribution in [3.8, 4) is 0 Å². The van der Waals surface area contributed by atoms with E-state index in [2.05, 4.69) is 10.6 Å². The summed E-state index contributed by atoms with van der Waals surface area (Å²) in [7, 11) is 0. The van der Waals surface area contributed by atoms with Crippen molar-refractivity contribution in [3.05, 3.63) is 0 Å². The molecule has 6 heteroatoms. The minimum Gasteiger partial charge on any atom is -0.350 e. The van der Waals surface area contributed by atoms with Gasteiger partial charge < -0.3 is 16.4 Å². The zero-order chi connectivity index (χ0) is 14.5. The number of rotatable bonds is 5. The zero-order valence-electron chi connectivity index (χ0n) is 12.7. The number of hydrogen-bond acceptors (Lipinski definition) is 3. The van der Waals surface area contributed by atoms with E-state index in [0.29, 0.717) is 12.3 Å².